The third kappa shape index (κ3) is 4.21. The fraction of sp³-hybridized carbons (Fsp3) is 0.333. The molecule has 0 saturated carbocycles. The zero-order chi connectivity index (χ0) is 13.1. The molecule has 96 valence electrons. The van der Waals surface area contributed by atoms with Crippen LogP contribution in [0.15, 0.2) is 16.6 Å². The maximum atomic E-state index is 11.6. The van der Waals surface area contributed by atoms with Crippen molar-refractivity contribution in [3.05, 3.63) is 21.6 Å². The van der Waals surface area contributed by atoms with E-state index in [1.165, 1.54) is 13.2 Å². The van der Waals surface area contributed by atoms with Gasteiger partial charge in [0.25, 0.3) is 0 Å². The molecule has 0 bridgehead atoms. The highest BCUT2D eigenvalue weighted by molar-refractivity contribution is 9.10. The summed E-state index contributed by atoms with van der Waals surface area (Å²) in [6.07, 6.45) is 0. The fourth-order valence-electron chi connectivity index (χ4n) is 1.16. The Balaban J connectivity index is 3.14. The van der Waals surface area contributed by atoms with E-state index in [9.17, 15) is 8.42 Å². The maximum absolute atomic E-state index is 11.6. The Morgan fingerprint density at radius 3 is 2.65 bits per heavy atom. The molecule has 0 heterocycles. The minimum Gasteiger partial charge on any atom is -0.493 e. The summed E-state index contributed by atoms with van der Waals surface area (Å²) in [6.45, 7) is 0. The molecule has 1 N–H and O–H groups in total. The van der Waals surface area contributed by atoms with Crippen LogP contribution in [0.2, 0.25) is 5.02 Å². The first-order valence-electron chi connectivity index (χ1n) is 4.49. The highest BCUT2D eigenvalue weighted by Gasteiger charge is 2.15. The molecule has 0 aliphatic carbocycles. The Morgan fingerprint density at radius 2 is 2.12 bits per heavy atom. The van der Waals surface area contributed by atoms with Crippen molar-refractivity contribution in [3.63, 3.8) is 0 Å². The first-order valence-corrected chi connectivity index (χ1v) is 7.85. The van der Waals surface area contributed by atoms with Gasteiger partial charge in [-0.15, -0.1) is 11.6 Å². The van der Waals surface area contributed by atoms with Crippen molar-refractivity contribution in [2.75, 3.05) is 23.5 Å². The van der Waals surface area contributed by atoms with Crippen molar-refractivity contribution in [2.45, 2.75) is 0 Å². The Bertz CT molecular complexity index is 507. The van der Waals surface area contributed by atoms with E-state index in [4.69, 9.17) is 27.9 Å². The van der Waals surface area contributed by atoms with Gasteiger partial charge in [0.1, 0.15) is 0 Å². The van der Waals surface area contributed by atoms with Crippen LogP contribution in [0.25, 0.3) is 0 Å². The summed E-state index contributed by atoms with van der Waals surface area (Å²) < 4.78 is 31.2. The second-order valence-electron chi connectivity index (χ2n) is 3.08. The lowest BCUT2D eigenvalue weighted by molar-refractivity contribution is 0.414. The molecule has 0 saturated heterocycles. The first-order chi connectivity index (χ1) is 7.89. The number of sulfonamides is 1. The molecule has 8 heteroatoms. The van der Waals surface area contributed by atoms with Gasteiger partial charge in [-0.1, -0.05) is 11.6 Å². The average molecular weight is 363 g/mol. The second-order valence-corrected chi connectivity index (χ2v) is 6.59. The Morgan fingerprint density at radius 1 is 1.47 bits per heavy atom. The molecule has 1 rings (SSSR count). The van der Waals surface area contributed by atoms with E-state index in [-0.39, 0.29) is 17.3 Å². The number of alkyl halides is 1. The molecule has 0 aliphatic rings. The summed E-state index contributed by atoms with van der Waals surface area (Å²) in [5.74, 6) is 0.203. The molecular formula is C9H10BrCl2NO3S. The van der Waals surface area contributed by atoms with Crippen molar-refractivity contribution in [3.8, 4) is 5.75 Å². The summed E-state index contributed by atoms with van der Waals surface area (Å²) >= 11 is 14.5. The molecule has 0 unspecified atom stereocenters. The van der Waals surface area contributed by atoms with Gasteiger partial charge in [0, 0.05) is 10.9 Å². The number of nitrogens with one attached hydrogen (secondary N) is 1. The van der Waals surface area contributed by atoms with E-state index >= 15 is 0 Å². The van der Waals surface area contributed by atoms with Gasteiger partial charge in [0.15, 0.2) is 5.75 Å². The standard InChI is InChI=1S/C9H10BrCl2NO3S/c1-16-9-7(10)4-6(12)5-8(9)13-17(14,15)3-2-11/h4-5,13H,2-3H2,1H3. The van der Waals surface area contributed by atoms with Gasteiger partial charge in [-0.05, 0) is 28.1 Å². The molecule has 1 aromatic carbocycles. The van der Waals surface area contributed by atoms with E-state index in [1.807, 2.05) is 0 Å². The number of methoxy groups -OCH3 is 1. The third-order valence-electron chi connectivity index (χ3n) is 1.82. The molecule has 0 amide bonds. The van der Waals surface area contributed by atoms with Gasteiger partial charge in [0.05, 0.1) is 23.0 Å². The predicted octanol–water partition coefficient (Wildman–Crippen LogP) is 3.09. The van der Waals surface area contributed by atoms with Crippen LogP contribution in [0, 0.1) is 0 Å². The van der Waals surface area contributed by atoms with Crippen molar-refractivity contribution in [1.29, 1.82) is 0 Å². The predicted molar refractivity (Wildman–Crippen MR) is 73.8 cm³/mol. The van der Waals surface area contributed by atoms with Crippen molar-refractivity contribution in [2.24, 2.45) is 0 Å². The van der Waals surface area contributed by atoms with Gasteiger partial charge in [0.2, 0.25) is 10.0 Å². The Labute approximate surface area is 118 Å². The van der Waals surface area contributed by atoms with Crippen molar-refractivity contribution < 1.29 is 13.2 Å². The van der Waals surface area contributed by atoms with Gasteiger partial charge >= 0.3 is 0 Å². The maximum Gasteiger partial charge on any atom is 0.234 e. The van der Waals surface area contributed by atoms with Crippen molar-refractivity contribution >= 4 is 54.8 Å². The van der Waals surface area contributed by atoms with Crippen LogP contribution >= 0.6 is 39.1 Å². The lowest BCUT2D eigenvalue weighted by atomic mass is 10.3. The van der Waals surface area contributed by atoms with E-state index < -0.39 is 10.0 Å². The number of benzene rings is 1. The van der Waals surface area contributed by atoms with E-state index in [2.05, 4.69) is 20.7 Å². The fourth-order valence-corrected chi connectivity index (χ4v) is 3.54. The highest BCUT2D eigenvalue weighted by atomic mass is 79.9. The molecule has 1 aromatic rings. The van der Waals surface area contributed by atoms with Crippen LogP contribution in [0.4, 0.5) is 5.69 Å². The minimum absolute atomic E-state index is 0.0133. The van der Waals surface area contributed by atoms with E-state index in [0.29, 0.717) is 15.2 Å². The number of halogens is 3. The SMILES string of the molecule is COc1c(Br)cc(Cl)cc1NS(=O)(=O)CCCl. The summed E-state index contributed by atoms with van der Waals surface area (Å²) in [4.78, 5) is 0. The Hall–Kier alpha value is -0.170. The lowest BCUT2D eigenvalue weighted by Gasteiger charge is -2.13. The highest BCUT2D eigenvalue weighted by Crippen LogP contribution is 2.36. The van der Waals surface area contributed by atoms with E-state index in [1.54, 1.807) is 6.07 Å². The summed E-state index contributed by atoms with van der Waals surface area (Å²) in [6, 6.07) is 3.08. The Kier molecular flexibility index (Phi) is 5.37. The van der Waals surface area contributed by atoms with E-state index in [0.717, 1.165) is 0 Å². The van der Waals surface area contributed by atoms with Crippen LogP contribution in [0.5, 0.6) is 5.75 Å². The number of rotatable bonds is 5. The molecule has 17 heavy (non-hydrogen) atoms. The number of hydrogen-bond donors (Lipinski definition) is 1. The smallest absolute Gasteiger partial charge is 0.234 e. The molecule has 4 nitrogen and oxygen atoms in total. The quantitative estimate of drug-likeness (QED) is 0.819. The average Bonchev–Trinajstić information content (AvgIpc) is 2.15. The number of anilines is 1. The molecular weight excluding hydrogens is 353 g/mol. The molecule has 0 fully saturated rings. The largest absolute Gasteiger partial charge is 0.493 e. The van der Waals surface area contributed by atoms with Crippen LogP contribution < -0.4 is 9.46 Å². The molecule has 0 radical (unpaired) electrons. The zero-order valence-corrected chi connectivity index (χ0v) is 12.8. The van der Waals surface area contributed by atoms with Crippen LogP contribution in [-0.2, 0) is 10.0 Å². The zero-order valence-electron chi connectivity index (χ0n) is 8.84. The summed E-state index contributed by atoms with van der Waals surface area (Å²) in [5, 5.41) is 0.390. The van der Waals surface area contributed by atoms with Gasteiger partial charge in [-0.2, -0.15) is 0 Å². The molecule has 0 aliphatic heterocycles. The molecule has 0 aromatic heterocycles. The number of ether oxygens (including phenoxy) is 1. The second kappa shape index (κ2) is 6.13. The topological polar surface area (TPSA) is 55.4 Å². The van der Waals surface area contributed by atoms with Crippen LogP contribution in [0.1, 0.15) is 0 Å². The van der Waals surface area contributed by atoms with Crippen LogP contribution in [0.3, 0.4) is 0 Å². The summed E-state index contributed by atoms with van der Waals surface area (Å²) in [7, 11) is -2.05. The summed E-state index contributed by atoms with van der Waals surface area (Å²) in [5.41, 5.74) is 0.275. The first kappa shape index (κ1) is 14.9. The van der Waals surface area contributed by atoms with Crippen molar-refractivity contribution in [1.82, 2.24) is 0 Å². The normalized spacial score (nSPS) is 11.3. The lowest BCUT2D eigenvalue weighted by Crippen LogP contribution is -2.18. The number of hydrogen-bond acceptors (Lipinski definition) is 3. The third-order valence-corrected chi connectivity index (χ3v) is 4.32. The van der Waals surface area contributed by atoms with Gasteiger partial charge in [-0.3, -0.25) is 4.72 Å². The minimum atomic E-state index is -3.49. The monoisotopic (exact) mass is 361 g/mol. The van der Waals surface area contributed by atoms with Gasteiger partial charge < -0.3 is 4.74 Å². The molecule has 0 spiro atoms. The van der Waals surface area contributed by atoms with Crippen LogP contribution in [-0.4, -0.2) is 27.2 Å². The van der Waals surface area contributed by atoms with Gasteiger partial charge in [-0.25, -0.2) is 8.42 Å². The molecule has 0 atom stereocenters.